The number of hydrogen-bond donors (Lipinski definition) is 2. The van der Waals surface area contributed by atoms with E-state index in [4.69, 9.17) is 4.98 Å². The molecule has 1 aromatic carbocycles. The Hall–Kier alpha value is -4.78. The zero-order chi connectivity index (χ0) is 22.3. The monoisotopic (exact) mass is 426 g/mol. The molecule has 0 unspecified atom stereocenters. The van der Waals surface area contributed by atoms with Crippen molar-refractivity contribution in [3.63, 3.8) is 0 Å². The Balaban J connectivity index is 1.50. The molecule has 0 saturated carbocycles. The largest absolute Gasteiger partial charge is 0.368 e. The summed E-state index contributed by atoms with van der Waals surface area (Å²) in [6, 6.07) is 16.3. The van der Waals surface area contributed by atoms with Gasteiger partial charge in [0.15, 0.2) is 0 Å². The predicted octanol–water partition coefficient (Wildman–Crippen LogP) is 3.63. The number of hydrogen-bond acceptors (Lipinski definition) is 8. The molecule has 0 aliphatic rings. The summed E-state index contributed by atoms with van der Waals surface area (Å²) < 4.78 is 1.85. The van der Waals surface area contributed by atoms with E-state index >= 15 is 0 Å². The van der Waals surface area contributed by atoms with Gasteiger partial charge >= 0.3 is 0 Å². The highest BCUT2D eigenvalue weighted by Gasteiger charge is 2.13. The molecule has 0 saturated heterocycles. The normalized spacial score (nSPS) is 10.3. The lowest BCUT2D eigenvalue weighted by atomic mass is 10.0. The third-order valence-corrected chi connectivity index (χ3v) is 4.66. The van der Waals surface area contributed by atoms with Crippen LogP contribution in [0.25, 0.3) is 16.9 Å². The van der Waals surface area contributed by atoms with Crippen LogP contribution in [0.15, 0.2) is 73.4 Å². The van der Waals surface area contributed by atoms with Crippen LogP contribution in [0, 0.1) is 21.4 Å². The van der Waals surface area contributed by atoms with Gasteiger partial charge in [0.25, 0.3) is 5.69 Å². The van der Waals surface area contributed by atoms with Crippen molar-refractivity contribution >= 4 is 17.3 Å². The second kappa shape index (κ2) is 9.36. The summed E-state index contributed by atoms with van der Waals surface area (Å²) in [6.07, 6.45) is 6.41. The van der Waals surface area contributed by atoms with E-state index < -0.39 is 4.92 Å². The van der Waals surface area contributed by atoms with E-state index in [1.807, 2.05) is 41.1 Å². The molecule has 0 spiro atoms. The van der Waals surface area contributed by atoms with Crippen LogP contribution in [0.1, 0.15) is 5.56 Å². The van der Waals surface area contributed by atoms with Crippen molar-refractivity contribution in [3.8, 4) is 23.0 Å². The molecule has 0 aliphatic carbocycles. The molecule has 2 N–H and O–H groups in total. The van der Waals surface area contributed by atoms with Gasteiger partial charge in [0.05, 0.1) is 34.3 Å². The number of pyridine rings is 2. The van der Waals surface area contributed by atoms with Gasteiger partial charge in [-0.15, -0.1) is 0 Å². The molecule has 4 aromatic rings. The van der Waals surface area contributed by atoms with Crippen LogP contribution < -0.4 is 10.6 Å². The lowest BCUT2D eigenvalue weighted by Gasteiger charge is -2.14. The standard InChI is InChI=1S/C22H18N8O2/c23-13-16-3-1-2-4-18(16)22-19(29-12-11-24-15-29)6-8-21(28-22)26-10-9-25-20-7-5-17(14-27-20)30(31)32/h1-8,11-12,14-15H,9-10H2,(H,25,27)(H,26,28). The van der Waals surface area contributed by atoms with Crippen molar-refractivity contribution < 1.29 is 4.92 Å². The van der Waals surface area contributed by atoms with E-state index in [0.29, 0.717) is 36.0 Å². The summed E-state index contributed by atoms with van der Waals surface area (Å²) >= 11 is 0. The number of nitro groups is 1. The molecule has 32 heavy (non-hydrogen) atoms. The van der Waals surface area contributed by atoms with Crippen molar-refractivity contribution in [2.75, 3.05) is 23.7 Å². The zero-order valence-corrected chi connectivity index (χ0v) is 16.8. The minimum absolute atomic E-state index is 0.0546. The molecular formula is C22H18N8O2. The Labute approximate surface area is 183 Å². The van der Waals surface area contributed by atoms with Gasteiger partial charge in [0.2, 0.25) is 0 Å². The molecule has 158 valence electrons. The maximum atomic E-state index is 10.7. The van der Waals surface area contributed by atoms with Gasteiger partial charge in [0, 0.05) is 37.1 Å². The van der Waals surface area contributed by atoms with Gasteiger partial charge in [-0.3, -0.25) is 10.1 Å². The van der Waals surface area contributed by atoms with Crippen LogP contribution in [0.3, 0.4) is 0 Å². The second-order valence-electron chi connectivity index (χ2n) is 6.70. The van der Waals surface area contributed by atoms with Crippen LogP contribution in [0.2, 0.25) is 0 Å². The molecule has 10 nitrogen and oxygen atoms in total. The van der Waals surface area contributed by atoms with Gasteiger partial charge in [-0.05, 0) is 24.3 Å². The van der Waals surface area contributed by atoms with Crippen LogP contribution in [0.5, 0.6) is 0 Å². The van der Waals surface area contributed by atoms with E-state index in [-0.39, 0.29) is 5.69 Å². The SMILES string of the molecule is N#Cc1ccccc1-c1nc(NCCNc2ccc([N+](=O)[O-])cn2)ccc1-n1ccnc1. The van der Waals surface area contributed by atoms with E-state index in [9.17, 15) is 15.4 Å². The third-order valence-electron chi connectivity index (χ3n) is 4.66. The number of aromatic nitrogens is 4. The van der Waals surface area contributed by atoms with Gasteiger partial charge < -0.3 is 15.2 Å². The van der Waals surface area contributed by atoms with E-state index in [1.54, 1.807) is 24.7 Å². The number of imidazole rings is 1. The quantitative estimate of drug-likeness (QED) is 0.248. The van der Waals surface area contributed by atoms with Crippen LogP contribution in [-0.2, 0) is 0 Å². The first-order valence-corrected chi connectivity index (χ1v) is 9.73. The highest BCUT2D eigenvalue weighted by molar-refractivity contribution is 5.75. The molecule has 0 atom stereocenters. The molecule has 10 heteroatoms. The van der Waals surface area contributed by atoms with Gasteiger partial charge in [-0.2, -0.15) is 5.26 Å². The number of rotatable bonds is 8. The molecule has 3 aromatic heterocycles. The second-order valence-corrected chi connectivity index (χ2v) is 6.70. The Morgan fingerprint density at radius 1 is 1.06 bits per heavy atom. The molecule has 0 bridgehead atoms. The molecule has 0 aliphatic heterocycles. The Morgan fingerprint density at radius 2 is 1.84 bits per heavy atom. The first kappa shape index (κ1) is 20.5. The van der Waals surface area contributed by atoms with Gasteiger partial charge in [0.1, 0.15) is 17.8 Å². The van der Waals surface area contributed by atoms with Crippen LogP contribution in [-0.4, -0.2) is 37.5 Å². The predicted molar refractivity (Wildman–Crippen MR) is 119 cm³/mol. The van der Waals surface area contributed by atoms with Crippen molar-refractivity contribution in [3.05, 3.63) is 89.1 Å². The van der Waals surface area contributed by atoms with Gasteiger partial charge in [-0.25, -0.2) is 15.0 Å². The fourth-order valence-corrected chi connectivity index (χ4v) is 3.13. The Morgan fingerprint density at radius 3 is 2.53 bits per heavy atom. The number of nitriles is 1. The maximum absolute atomic E-state index is 10.7. The maximum Gasteiger partial charge on any atom is 0.287 e. The number of nitrogens with one attached hydrogen (secondary N) is 2. The highest BCUT2D eigenvalue weighted by Crippen LogP contribution is 2.29. The third kappa shape index (κ3) is 4.52. The summed E-state index contributed by atoms with van der Waals surface area (Å²) in [5.41, 5.74) is 2.68. The molecule has 0 radical (unpaired) electrons. The highest BCUT2D eigenvalue weighted by atomic mass is 16.6. The van der Waals surface area contributed by atoms with Crippen molar-refractivity contribution in [2.24, 2.45) is 0 Å². The molecule has 4 rings (SSSR count). The van der Waals surface area contributed by atoms with Crippen molar-refractivity contribution in [2.45, 2.75) is 0 Å². The average Bonchev–Trinajstić information content (AvgIpc) is 3.37. The van der Waals surface area contributed by atoms with E-state index in [0.717, 1.165) is 11.3 Å². The lowest BCUT2D eigenvalue weighted by Crippen LogP contribution is -2.15. The van der Waals surface area contributed by atoms with Crippen molar-refractivity contribution in [1.29, 1.82) is 5.26 Å². The minimum Gasteiger partial charge on any atom is -0.368 e. The fraction of sp³-hybridized carbons (Fsp3) is 0.0909. The number of anilines is 2. The average molecular weight is 426 g/mol. The summed E-state index contributed by atoms with van der Waals surface area (Å²) in [7, 11) is 0. The summed E-state index contributed by atoms with van der Waals surface area (Å²) in [6.45, 7) is 1.06. The van der Waals surface area contributed by atoms with E-state index in [1.165, 1.54) is 12.3 Å². The molecule has 0 fully saturated rings. The number of benzene rings is 1. The summed E-state index contributed by atoms with van der Waals surface area (Å²) in [4.78, 5) is 23.1. The first-order chi connectivity index (χ1) is 15.7. The van der Waals surface area contributed by atoms with Crippen LogP contribution >= 0.6 is 0 Å². The topological polar surface area (TPSA) is 135 Å². The van der Waals surface area contributed by atoms with Gasteiger partial charge in [-0.1, -0.05) is 18.2 Å². The molecule has 0 amide bonds. The van der Waals surface area contributed by atoms with Crippen molar-refractivity contribution in [1.82, 2.24) is 19.5 Å². The molecular weight excluding hydrogens is 408 g/mol. The zero-order valence-electron chi connectivity index (χ0n) is 16.8. The number of nitrogens with zero attached hydrogens (tertiary/aromatic N) is 6. The minimum atomic E-state index is -0.487. The Bertz CT molecular complexity index is 1260. The summed E-state index contributed by atoms with van der Waals surface area (Å²) in [5.74, 6) is 1.19. The van der Waals surface area contributed by atoms with Crippen LogP contribution in [0.4, 0.5) is 17.3 Å². The Kier molecular flexibility index (Phi) is 5.99. The van der Waals surface area contributed by atoms with E-state index in [2.05, 4.69) is 26.7 Å². The molecule has 3 heterocycles. The first-order valence-electron chi connectivity index (χ1n) is 9.73. The fourth-order valence-electron chi connectivity index (χ4n) is 3.13. The smallest absolute Gasteiger partial charge is 0.287 e. The summed E-state index contributed by atoms with van der Waals surface area (Å²) in [5, 5.41) is 26.6. The lowest BCUT2D eigenvalue weighted by molar-refractivity contribution is -0.385.